The Morgan fingerprint density at radius 3 is 2.61 bits per heavy atom. The van der Waals surface area contributed by atoms with Gasteiger partial charge in [0.25, 0.3) is 5.91 Å². The summed E-state index contributed by atoms with van der Waals surface area (Å²) in [7, 11) is 1.71. The summed E-state index contributed by atoms with van der Waals surface area (Å²) in [6.07, 6.45) is 1.69. The van der Waals surface area contributed by atoms with E-state index in [1.807, 2.05) is 25.1 Å². The van der Waals surface area contributed by atoms with Crippen molar-refractivity contribution < 1.29 is 9.59 Å². The van der Waals surface area contributed by atoms with Crippen LogP contribution in [0.15, 0.2) is 53.8 Å². The summed E-state index contributed by atoms with van der Waals surface area (Å²) in [5.41, 5.74) is 1.90. The lowest BCUT2D eigenvalue weighted by molar-refractivity contribution is -0.113. The van der Waals surface area contributed by atoms with Crippen LogP contribution in [0, 0.1) is 0 Å². The highest BCUT2D eigenvalue weighted by molar-refractivity contribution is 7.99. The fraction of sp³-hybridized carbons (Fsp3) is 0.222. The Kier molecular flexibility index (Phi) is 6.33. The molecule has 1 aromatic carbocycles. The first-order chi connectivity index (χ1) is 13.5. The Hall–Kier alpha value is -3.27. The van der Waals surface area contributed by atoms with Crippen LogP contribution in [0.1, 0.15) is 29.0 Å². The van der Waals surface area contributed by atoms with E-state index >= 15 is 0 Å². The van der Waals surface area contributed by atoms with Crippen molar-refractivity contribution in [2.45, 2.75) is 18.1 Å². The number of aromatic nitrogens is 5. The summed E-state index contributed by atoms with van der Waals surface area (Å²) in [6, 6.07) is 12.1. The summed E-state index contributed by atoms with van der Waals surface area (Å²) in [5.74, 6) is -0.215. The Balaban J connectivity index is 1.52. The minimum atomic E-state index is -0.208. The molecule has 1 atom stereocenters. The number of nitrogens with one attached hydrogen (secondary N) is 2. The molecule has 0 saturated carbocycles. The highest BCUT2D eigenvalue weighted by Crippen LogP contribution is 2.15. The minimum Gasteiger partial charge on any atom is -0.344 e. The first kappa shape index (κ1) is 19.5. The molecule has 2 amide bonds. The molecule has 0 spiro atoms. The molecule has 0 bridgehead atoms. The van der Waals surface area contributed by atoms with Gasteiger partial charge in [0, 0.05) is 24.5 Å². The summed E-state index contributed by atoms with van der Waals surface area (Å²) < 4.78 is 1.50. The maximum atomic E-state index is 12.4. The lowest BCUT2D eigenvalue weighted by Gasteiger charge is -2.13. The standard InChI is InChI=1S/C18H19N7O2S/c1-12(15-5-3-4-10-19-15)20-17(27)13-6-8-14(9-7-13)21-16(26)11-28-18-22-23-24-25(18)2/h3-10,12H,11H2,1-2H3,(H,20,27)(H,21,26)/t12-/m0/s1. The highest BCUT2D eigenvalue weighted by Gasteiger charge is 2.13. The van der Waals surface area contributed by atoms with Crippen molar-refractivity contribution in [3.63, 3.8) is 0 Å². The normalized spacial score (nSPS) is 11.6. The Bertz CT molecular complexity index is 944. The zero-order chi connectivity index (χ0) is 19.9. The molecule has 9 nitrogen and oxygen atoms in total. The molecule has 10 heteroatoms. The summed E-state index contributed by atoms with van der Waals surface area (Å²) in [5, 5.41) is 17.3. The van der Waals surface area contributed by atoms with Crippen molar-refractivity contribution in [3.8, 4) is 0 Å². The second kappa shape index (κ2) is 9.09. The van der Waals surface area contributed by atoms with E-state index in [4.69, 9.17) is 0 Å². The molecule has 2 aromatic heterocycles. The van der Waals surface area contributed by atoms with Crippen LogP contribution < -0.4 is 10.6 Å². The lowest BCUT2D eigenvalue weighted by atomic mass is 10.1. The lowest BCUT2D eigenvalue weighted by Crippen LogP contribution is -2.27. The van der Waals surface area contributed by atoms with Crippen molar-refractivity contribution in [1.29, 1.82) is 0 Å². The number of anilines is 1. The number of pyridine rings is 1. The number of carbonyl (C=O) groups excluding carboxylic acids is 2. The quantitative estimate of drug-likeness (QED) is 0.585. The number of carbonyl (C=O) groups is 2. The summed E-state index contributed by atoms with van der Waals surface area (Å²) >= 11 is 1.24. The highest BCUT2D eigenvalue weighted by atomic mass is 32.2. The van der Waals surface area contributed by atoms with Crippen molar-refractivity contribution >= 4 is 29.3 Å². The molecule has 3 aromatic rings. The Morgan fingerprint density at radius 1 is 1.18 bits per heavy atom. The van der Waals surface area contributed by atoms with Gasteiger partial charge in [-0.25, -0.2) is 4.68 Å². The molecule has 0 saturated heterocycles. The fourth-order valence-corrected chi connectivity index (χ4v) is 3.01. The molecular formula is C18H19N7O2S. The number of nitrogens with zero attached hydrogens (tertiary/aromatic N) is 5. The van der Waals surface area contributed by atoms with Crippen LogP contribution in [0.25, 0.3) is 0 Å². The minimum absolute atomic E-state index is 0.179. The van der Waals surface area contributed by atoms with Crippen molar-refractivity contribution in [2.75, 3.05) is 11.1 Å². The van der Waals surface area contributed by atoms with E-state index in [1.54, 1.807) is 37.5 Å². The van der Waals surface area contributed by atoms with Gasteiger partial charge in [0.1, 0.15) is 0 Å². The number of thioether (sulfide) groups is 1. The van der Waals surface area contributed by atoms with Gasteiger partial charge in [0.15, 0.2) is 0 Å². The first-order valence-corrected chi connectivity index (χ1v) is 9.48. The Labute approximate surface area is 165 Å². The maximum absolute atomic E-state index is 12.4. The van der Waals surface area contributed by atoms with Crippen molar-refractivity contribution in [1.82, 2.24) is 30.5 Å². The maximum Gasteiger partial charge on any atom is 0.251 e. The van der Waals surface area contributed by atoms with Gasteiger partial charge < -0.3 is 10.6 Å². The molecular weight excluding hydrogens is 378 g/mol. The van der Waals surface area contributed by atoms with E-state index in [2.05, 4.69) is 31.1 Å². The van der Waals surface area contributed by atoms with Gasteiger partial charge in [-0.3, -0.25) is 14.6 Å². The van der Waals surface area contributed by atoms with Crippen LogP contribution in [0.4, 0.5) is 5.69 Å². The second-order valence-corrected chi connectivity index (χ2v) is 6.89. The van der Waals surface area contributed by atoms with Crippen LogP contribution in [0.2, 0.25) is 0 Å². The number of amides is 2. The third-order valence-corrected chi connectivity index (χ3v) is 4.83. The largest absolute Gasteiger partial charge is 0.344 e. The van der Waals surface area contributed by atoms with Gasteiger partial charge in [-0.05, 0) is 53.7 Å². The molecule has 2 heterocycles. The molecule has 0 fully saturated rings. The van der Waals surface area contributed by atoms with E-state index in [0.717, 1.165) is 5.69 Å². The summed E-state index contributed by atoms with van der Waals surface area (Å²) in [4.78, 5) is 28.7. The number of tetrazole rings is 1. The Morgan fingerprint density at radius 2 is 1.96 bits per heavy atom. The molecule has 0 aliphatic rings. The zero-order valence-electron chi connectivity index (χ0n) is 15.4. The van der Waals surface area contributed by atoms with Gasteiger partial charge in [-0.1, -0.05) is 17.8 Å². The van der Waals surface area contributed by atoms with E-state index in [1.165, 1.54) is 16.4 Å². The van der Waals surface area contributed by atoms with Gasteiger partial charge >= 0.3 is 0 Å². The topological polar surface area (TPSA) is 115 Å². The smallest absolute Gasteiger partial charge is 0.251 e. The molecule has 0 aliphatic carbocycles. The van der Waals surface area contributed by atoms with Gasteiger partial charge in [-0.2, -0.15) is 0 Å². The molecule has 0 aliphatic heterocycles. The molecule has 0 unspecified atom stereocenters. The fourth-order valence-electron chi connectivity index (χ4n) is 2.36. The number of hydrogen-bond acceptors (Lipinski definition) is 7. The zero-order valence-corrected chi connectivity index (χ0v) is 16.2. The predicted molar refractivity (Wildman–Crippen MR) is 105 cm³/mol. The third-order valence-electron chi connectivity index (χ3n) is 3.82. The predicted octanol–water partition coefficient (Wildman–Crippen LogP) is 1.83. The number of hydrogen-bond donors (Lipinski definition) is 2. The van der Waals surface area contributed by atoms with Gasteiger partial charge in [0.2, 0.25) is 11.1 Å². The van der Waals surface area contributed by atoms with Gasteiger partial charge in [0.05, 0.1) is 17.5 Å². The van der Waals surface area contributed by atoms with Crippen LogP contribution in [-0.4, -0.2) is 42.8 Å². The monoisotopic (exact) mass is 397 g/mol. The average molecular weight is 397 g/mol. The van der Waals surface area contributed by atoms with E-state index in [-0.39, 0.29) is 23.6 Å². The first-order valence-electron chi connectivity index (χ1n) is 8.50. The second-order valence-electron chi connectivity index (χ2n) is 5.95. The van der Waals surface area contributed by atoms with Crippen LogP contribution in [0.3, 0.4) is 0 Å². The summed E-state index contributed by atoms with van der Waals surface area (Å²) in [6.45, 7) is 1.87. The molecule has 144 valence electrons. The van der Waals surface area contributed by atoms with Crippen LogP contribution in [0.5, 0.6) is 0 Å². The molecule has 0 radical (unpaired) electrons. The average Bonchev–Trinajstić information content (AvgIpc) is 3.12. The van der Waals surface area contributed by atoms with Crippen molar-refractivity contribution in [2.24, 2.45) is 7.05 Å². The third kappa shape index (κ3) is 5.13. The van der Waals surface area contributed by atoms with Crippen molar-refractivity contribution in [3.05, 3.63) is 59.9 Å². The number of aryl methyl sites for hydroxylation is 1. The molecule has 2 N–H and O–H groups in total. The van der Waals surface area contributed by atoms with E-state index < -0.39 is 0 Å². The van der Waals surface area contributed by atoms with E-state index in [0.29, 0.717) is 16.4 Å². The molecule has 3 rings (SSSR count). The number of rotatable bonds is 7. The van der Waals surface area contributed by atoms with Gasteiger partial charge in [-0.15, -0.1) is 5.10 Å². The molecule has 28 heavy (non-hydrogen) atoms. The SMILES string of the molecule is C[C@H](NC(=O)c1ccc(NC(=O)CSc2nnnn2C)cc1)c1ccccn1. The number of benzene rings is 1. The van der Waals surface area contributed by atoms with E-state index in [9.17, 15) is 9.59 Å². The van der Waals surface area contributed by atoms with Crippen LogP contribution >= 0.6 is 11.8 Å². The van der Waals surface area contributed by atoms with Crippen LogP contribution in [-0.2, 0) is 11.8 Å².